The van der Waals surface area contributed by atoms with Crippen molar-refractivity contribution in [1.82, 2.24) is 0 Å². The van der Waals surface area contributed by atoms with Crippen LogP contribution in [0.15, 0.2) is 24.3 Å². The third-order valence-corrected chi connectivity index (χ3v) is 4.10. The van der Waals surface area contributed by atoms with Gasteiger partial charge in [0.1, 0.15) is 5.75 Å². The van der Waals surface area contributed by atoms with Crippen molar-refractivity contribution < 1.29 is 9.84 Å². The van der Waals surface area contributed by atoms with E-state index in [0.717, 1.165) is 25.0 Å². The Kier molecular flexibility index (Phi) is 3.41. The molecule has 2 rings (SSSR count). The fraction of sp³-hybridized carbons (Fsp3) is 0.538. The van der Waals surface area contributed by atoms with Gasteiger partial charge >= 0.3 is 0 Å². The average Bonchev–Trinajstić information content (AvgIpc) is 2.61. The third-order valence-electron chi connectivity index (χ3n) is 3.56. The molecular weight excluding hydrogens is 224 g/mol. The van der Waals surface area contributed by atoms with E-state index in [0.29, 0.717) is 11.6 Å². The summed E-state index contributed by atoms with van der Waals surface area (Å²) in [5, 5.41) is 9.45. The van der Waals surface area contributed by atoms with Crippen LogP contribution < -0.4 is 0 Å². The lowest BCUT2D eigenvalue weighted by Gasteiger charge is -2.30. The molecule has 0 amide bonds. The van der Waals surface area contributed by atoms with Crippen LogP contribution in [0.25, 0.3) is 0 Å². The molecule has 88 valence electrons. The van der Waals surface area contributed by atoms with Gasteiger partial charge in [-0.1, -0.05) is 12.1 Å². The number of phenolic OH excluding ortho intramolecular Hbond substituents is 1. The number of benzene rings is 1. The van der Waals surface area contributed by atoms with E-state index in [4.69, 9.17) is 16.3 Å². The molecule has 1 aromatic carbocycles. The van der Waals surface area contributed by atoms with Crippen molar-refractivity contribution in [2.24, 2.45) is 5.41 Å². The summed E-state index contributed by atoms with van der Waals surface area (Å²) in [5.74, 6) is 0.915. The number of phenols is 1. The van der Waals surface area contributed by atoms with Crippen LogP contribution in [-0.2, 0) is 11.2 Å². The molecule has 0 bridgehead atoms. The Morgan fingerprint density at radius 3 is 2.94 bits per heavy atom. The molecule has 0 radical (unpaired) electrons. The summed E-state index contributed by atoms with van der Waals surface area (Å²) in [7, 11) is 0. The molecule has 1 aliphatic heterocycles. The largest absolute Gasteiger partial charge is 0.508 e. The highest BCUT2D eigenvalue weighted by atomic mass is 35.5. The average molecular weight is 241 g/mol. The van der Waals surface area contributed by atoms with Crippen LogP contribution >= 0.6 is 11.6 Å². The number of hydrogen-bond donors (Lipinski definition) is 1. The summed E-state index contributed by atoms with van der Waals surface area (Å²) in [6.07, 6.45) is 2.05. The molecule has 1 N–H and O–H groups in total. The Balaban J connectivity index is 2.18. The Bertz CT molecular complexity index is 367. The van der Waals surface area contributed by atoms with Gasteiger partial charge in [-0.25, -0.2) is 0 Å². The molecule has 0 saturated carbocycles. The van der Waals surface area contributed by atoms with E-state index in [9.17, 15) is 5.11 Å². The van der Waals surface area contributed by atoms with E-state index >= 15 is 0 Å². The minimum atomic E-state index is 0.0232. The highest BCUT2D eigenvalue weighted by Crippen LogP contribution is 2.39. The van der Waals surface area contributed by atoms with E-state index < -0.39 is 0 Å². The van der Waals surface area contributed by atoms with Gasteiger partial charge in [0.2, 0.25) is 0 Å². The highest BCUT2D eigenvalue weighted by molar-refractivity contribution is 6.18. The van der Waals surface area contributed by atoms with Crippen molar-refractivity contribution in [2.75, 3.05) is 12.5 Å². The molecule has 2 atom stereocenters. The molecule has 2 unspecified atom stereocenters. The maximum absolute atomic E-state index is 9.45. The van der Waals surface area contributed by atoms with Crippen LogP contribution in [0.4, 0.5) is 0 Å². The van der Waals surface area contributed by atoms with Crippen LogP contribution in [0.5, 0.6) is 5.75 Å². The van der Waals surface area contributed by atoms with Gasteiger partial charge in [0.05, 0.1) is 6.10 Å². The molecule has 1 aliphatic rings. The minimum Gasteiger partial charge on any atom is -0.508 e. The van der Waals surface area contributed by atoms with Gasteiger partial charge in [-0.2, -0.15) is 0 Å². The fourth-order valence-electron chi connectivity index (χ4n) is 2.35. The molecule has 3 heteroatoms. The monoisotopic (exact) mass is 240 g/mol. The van der Waals surface area contributed by atoms with Gasteiger partial charge in [-0.3, -0.25) is 0 Å². The SMILES string of the molecule is CC1OCCC1(CCl)Cc1cccc(O)c1. The van der Waals surface area contributed by atoms with Gasteiger partial charge < -0.3 is 9.84 Å². The molecule has 0 aromatic heterocycles. The van der Waals surface area contributed by atoms with E-state index in [-0.39, 0.29) is 11.5 Å². The zero-order valence-corrected chi connectivity index (χ0v) is 10.2. The smallest absolute Gasteiger partial charge is 0.115 e. The van der Waals surface area contributed by atoms with Gasteiger partial charge in [0.25, 0.3) is 0 Å². The van der Waals surface area contributed by atoms with Crippen LogP contribution in [0.3, 0.4) is 0 Å². The van der Waals surface area contributed by atoms with Crippen molar-refractivity contribution in [2.45, 2.75) is 25.9 Å². The summed E-state index contributed by atoms with van der Waals surface area (Å²) in [5.41, 5.74) is 1.15. The van der Waals surface area contributed by atoms with Crippen molar-refractivity contribution in [3.8, 4) is 5.75 Å². The Morgan fingerprint density at radius 1 is 1.56 bits per heavy atom. The van der Waals surface area contributed by atoms with Crippen molar-refractivity contribution in [1.29, 1.82) is 0 Å². The maximum atomic E-state index is 9.45. The summed E-state index contributed by atoms with van der Waals surface area (Å²) in [6.45, 7) is 2.87. The lowest BCUT2D eigenvalue weighted by atomic mass is 9.78. The number of rotatable bonds is 3. The quantitative estimate of drug-likeness (QED) is 0.824. The summed E-state index contributed by atoms with van der Waals surface area (Å²) in [4.78, 5) is 0. The molecule has 1 fully saturated rings. The first-order valence-electron chi connectivity index (χ1n) is 5.62. The number of halogens is 1. The van der Waals surface area contributed by atoms with Gasteiger partial charge in [-0.05, 0) is 37.5 Å². The van der Waals surface area contributed by atoms with Crippen LogP contribution in [0.2, 0.25) is 0 Å². The summed E-state index contributed by atoms with van der Waals surface area (Å²) < 4.78 is 5.62. The number of ether oxygens (including phenoxy) is 1. The van der Waals surface area contributed by atoms with E-state index in [1.165, 1.54) is 0 Å². The molecule has 0 aliphatic carbocycles. The number of hydrogen-bond acceptors (Lipinski definition) is 2. The third kappa shape index (κ3) is 2.18. The standard InChI is InChI=1S/C13H17ClO2/c1-10-13(9-14,5-6-16-10)8-11-3-2-4-12(15)7-11/h2-4,7,10,15H,5-6,8-9H2,1H3. The molecular formula is C13H17ClO2. The molecule has 2 nitrogen and oxygen atoms in total. The molecule has 1 aromatic rings. The molecule has 0 spiro atoms. The van der Waals surface area contributed by atoms with Gasteiger partial charge in [0.15, 0.2) is 0 Å². The second-order valence-electron chi connectivity index (χ2n) is 4.61. The van der Waals surface area contributed by atoms with Gasteiger partial charge in [-0.15, -0.1) is 11.6 Å². The first kappa shape index (κ1) is 11.7. The fourth-order valence-corrected chi connectivity index (χ4v) is 2.79. The zero-order chi connectivity index (χ0) is 11.6. The van der Waals surface area contributed by atoms with Crippen LogP contribution in [0, 0.1) is 5.41 Å². The lowest BCUT2D eigenvalue weighted by molar-refractivity contribution is 0.0735. The van der Waals surface area contributed by atoms with Crippen LogP contribution in [0.1, 0.15) is 18.9 Å². The summed E-state index contributed by atoms with van der Waals surface area (Å²) in [6, 6.07) is 7.39. The highest BCUT2D eigenvalue weighted by Gasteiger charge is 2.40. The Morgan fingerprint density at radius 2 is 2.38 bits per heavy atom. The van der Waals surface area contributed by atoms with Gasteiger partial charge in [0, 0.05) is 17.9 Å². The van der Waals surface area contributed by atoms with Crippen molar-refractivity contribution >= 4 is 11.6 Å². The van der Waals surface area contributed by atoms with E-state index in [1.54, 1.807) is 12.1 Å². The lowest BCUT2D eigenvalue weighted by Crippen LogP contribution is -2.33. The Labute approximate surface area is 101 Å². The van der Waals surface area contributed by atoms with E-state index in [2.05, 4.69) is 6.92 Å². The topological polar surface area (TPSA) is 29.5 Å². The number of alkyl halides is 1. The predicted octanol–water partition coefficient (Wildman–Crippen LogP) is 2.97. The maximum Gasteiger partial charge on any atom is 0.115 e. The van der Waals surface area contributed by atoms with E-state index in [1.807, 2.05) is 12.1 Å². The van der Waals surface area contributed by atoms with Crippen molar-refractivity contribution in [3.63, 3.8) is 0 Å². The molecule has 1 heterocycles. The van der Waals surface area contributed by atoms with Crippen LogP contribution in [-0.4, -0.2) is 23.7 Å². The first-order valence-corrected chi connectivity index (χ1v) is 6.15. The Hall–Kier alpha value is -0.730. The second-order valence-corrected chi connectivity index (χ2v) is 4.87. The zero-order valence-electron chi connectivity index (χ0n) is 9.45. The normalized spacial score (nSPS) is 29.5. The van der Waals surface area contributed by atoms with Crippen molar-refractivity contribution in [3.05, 3.63) is 29.8 Å². The second kappa shape index (κ2) is 4.64. The predicted molar refractivity (Wildman–Crippen MR) is 65.0 cm³/mol. The number of aromatic hydroxyl groups is 1. The first-order chi connectivity index (χ1) is 7.66. The minimum absolute atomic E-state index is 0.0232. The molecule has 1 saturated heterocycles. The molecule has 16 heavy (non-hydrogen) atoms. The summed E-state index contributed by atoms with van der Waals surface area (Å²) >= 11 is 6.11.